The Morgan fingerprint density at radius 3 is 2.82 bits per heavy atom. The van der Waals surface area contributed by atoms with Crippen molar-refractivity contribution < 1.29 is 0 Å². The van der Waals surface area contributed by atoms with Crippen molar-refractivity contribution in [2.75, 3.05) is 6.54 Å². The molecule has 0 radical (unpaired) electrons. The average Bonchev–Trinajstić information content (AvgIpc) is 2.35. The molecule has 92 valence electrons. The Kier molecular flexibility index (Phi) is 7.30. The molecule has 1 unspecified atom stereocenters. The molecule has 2 heteroatoms. The molecule has 0 aliphatic rings. The highest BCUT2D eigenvalue weighted by Crippen LogP contribution is 2.24. The zero-order valence-electron chi connectivity index (χ0n) is 10.4. The number of benzene rings is 1. The Morgan fingerprint density at radius 1 is 1.41 bits per heavy atom. The van der Waals surface area contributed by atoms with Crippen molar-refractivity contribution in [2.24, 2.45) is 0 Å². The van der Waals surface area contributed by atoms with Gasteiger partial charge in [0.1, 0.15) is 0 Å². The number of unbranched alkanes of at least 4 members (excludes halogenated alkanes) is 1. The molecular weight excluding hydrogens is 321 g/mol. The van der Waals surface area contributed by atoms with Crippen LogP contribution in [0.2, 0.25) is 0 Å². The van der Waals surface area contributed by atoms with Crippen LogP contribution in [0.5, 0.6) is 0 Å². The number of hydrogen-bond acceptors (Lipinski definition) is 1. The van der Waals surface area contributed by atoms with E-state index >= 15 is 0 Å². The van der Waals surface area contributed by atoms with Crippen molar-refractivity contribution in [3.05, 3.63) is 33.4 Å². The van der Waals surface area contributed by atoms with E-state index in [0.29, 0.717) is 6.04 Å². The molecule has 1 atom stereocenters. The van der Waals surface area contributed by atoms with Crippen LogP contribution in [0.4, 0.5) is 0 Å². The van der Waals surface area contributed by atoms with Crippen LogP contribution in [-0.4, -0.2) is 6.54 Å². The van der Waals surface area contributed by atoms with Gasteiger partial charge >= 0.3 is 0 Å². The fourth-order valence-electron chi connectivity index (χ4n) is 1.85. The van der Waals surface area contributed by atoms with Gasteiger partial charge in [-0.15, -0.1) is 12.3 Å². The molecule has 0 spiro atoms. The Balaban J connectivity index is 2.68. The van der Waals surface area contributed by atoms with Crippen LogP contribution < -0.4 is 5.32 Å². The fraction of sp³-hybridized carbons (Fsp3) is 0.467. The standard InChI is InChI=1S/C15H20IN/c1-3-5-6-11-15(17-12-4-2)13-9-7-8-10-14(13)16/h1,7-10,15,17H,4-6,11-12H2,2H3. The van der Waals surface area contributed by atoms with Crippen molar-refractivity contribution in [3.63, 3.8) is 0 Å². The molecule has 0 saturated heterocycles. The smallest absolute Gasteiger partial charge is 0.0331 e. The molecule has 0 fully saturated rings. The van der Waals surface area contributed by atoms with Crippen LogP contribution in [0, 0.1) is 15.9 Å². The molecule has 0 aliphatic carbocycles. The Hall–Kier alpha value is -0.530. The summed E-state index contributed by atoms with van der Waals surface area (Å²) >= 11 is 2.41. The van der Waals surface area contributed by atoms with E-state index in [9.17, 15) is 0 Å². The van der Waals surface area contributed by atoms with Crippen LogP contribution in [0.15, 0.2) is 24.3 Å². The first-order chi connectivity index (χ1) is 8.29. The molecular formula is C15H20IN. The second kappa shape index (κ2) is 8.54. The average molecular weight is 341 g/mol. The van der Waals surface area contributed by atoms with Gasteiger partial charge in [0.25, 0.3) is 0 Å². The number of terminal acetylenes is 1. The second-order valence-corrected chi connectivity index (χ2v) is 5.29. The van der Waals surface area contributed by atoms with E-state index < -0.39 is 0 Å². The molecule has 1 rings (SSSR count). The van der Waals surface area contributed by atoms with Gasteiger partial charge in [-0.2, -0.15) is 0 Å². The minimum Gasteiger partial charge on any atom is -0.310 e. The summed E-state index contributed by atoms with van der Waals surface area (Å²) in [4.78, 5) is 0. The van der Waals surface area contributed by atoms with Crippen molar-refractivity contribution in [1.82, 2.24) is 5.32 Å². The van der Waals surface area contributed by atoms with Crippen LogP contribution in [0.3, 0.4) is 0 Å². The number of rotatable bonds is 7. The Bertz CT molecular complexity index is 367. The van der Waals surface area contributed by atoms with Crippen molar-refractivity contribution in [2.45, 2.75) is 38.6 Å². The fourth-order valence-corrected chi connectivity index (χ4v) is 2.62. The summed E-state index contributed by atoms with van der Waals surface area (Å²) in [7, 11) is 0. The van der Waals surface area contributed by atoms with Crippen molar-refractivity contribution in [1.29, 1.82) is 0 Å². The van der Waals surface area contributed by atoms with Crippen LogP contribution in [0.1, 0.15) is 44.2 Å². The minimum atomic E-state index is 0.441. The molecule has 0 aliphatic heterocycles. The minimum absolute atomic E-state index is 0.441. The SMILES string of the molecule is C#CCCCC(NCCC)c1ccccc1I. The number of nitrogens with one attached hydrogen (secondary N) is 1. The van der Waals surface area contributed by atoms with Crippen LogP contribution >= 0.6 is 22.6 Å². The maximum Gasteiger partial charge on any atom is 0.0331 e. The molecule has 0 saturated carbocycles. The molecule has 0 aromatic heterocycles. The van der Waals surface area contributed by atoms with E-state index in [1.807, 2.05) is 0 Å². The van der Waals surface area contributed by atoms with Gasteiger partial charge in [-0.1, -0.05) is 25.1 Å². The monoisotopic (exact) mass is 341 g/mol. The zero-order chi connectivity index (χ0) is 12.5. The highest BCUT2D eigenvalue weighted by atomic mass is 127. The van der Waals surface area contributed by atoms with Gasteiger partial charge in [-0.25, -0.2) is 0 Å². The highest BCUT2D eigenvalue weighted by molar-refractivity contribution is 14.1. The van der Waals surface area contributed by atoms with Gasteiger partial charge in [0.15, 0.2) is 0 Å². The van der Waals surface area contributed by atoms with Crippen LogP contribution in [-0.2, 0) is 0 Å². The summed E-state index contributed by atoms with van der Waals surface area (Å²) in [6, 6.07) is 9.02. The summed E-state index contributed by atoms with van der Waals surface area (Å²) in [5, 5.41) is 3.61. The van der Waals surface area contributed by atoms with E-state index in [1.165, 1.54) is 9.13 Å². The maximum absolute atomic E-state index is 5.31. The normalized spacial score (nSPS) is 12.1. The molecule has 1 nitrogen and oxygen atoms in total. The summed E-state index contributed by atoms with van der Waals surface area (Å²) in [6.45, 7) is 3.26. The molecule has 1 aromatic carbocycles. The first-order valence-electron chi connectivity index (χ1n) is 6.20. The molecule has 1 N–H and O–H groups in total. The molecule has 0 amide bonds. The molecule has 1 aromatic rings. The summed E-state index contributed by atoms with van der Waals surface area (Å²) < 4.78 is 1.33. The van der Waals surface area contributed by atoms with Gasteiger partial charge in [0, 0.05) is 16.0 Å². The molecule has 0 heterocycles. The third-order valence-corrected chi connectivity index (χ3v) is 3.72. The second-order valence-electron chi connectivity index (χ2n) is 4.12. The van der Waals surface area contributed by atoms with Crippen molar-refractivity contribution in [3.8, 4) is 12.3 Å². The maximum atomic E-state index is 5.31. The van der Waals surface area contributed by atoms with E-state index in [2.05, 4.69) is 65.0 Å². The predicted molar refractivity (Wildman–Crippen MR) is 82.9 cm³/mol. The highest BCUT2D eigenvalue weighted by Gasteiger charge is 2.12. The van der Waals surface area contributed by atoms with E-state index in [4.69, 9.17) is 6.42 Å². The lowest BCUT2D eigenvalue weighted by Crippen LogP contribution is -2.22. The van der Waals surface area contributed by atoms with Crippen LogP contribution in [0.25, 0.3) is 0 Å². The largest absolute Gasteiger partial charge is 0.310 e. The van der Waals surface area contributed by atoms with Gasteiger partial charge in [0.05, 0.1) is 0 Å². The topological polar surface area (TPSA) is 12.0 Å². The Morgan fingerprint density at radius 2 is 2.18 bits per heavy atom. The summed E-state index contributed by atoms with van der Waals surface area (Å²) in [5.41, 5.74) is 1.40. The summed E-state index contributed by atoms with van der Waals surface area (Å²) in [6.07, 6.45) is 9.54. The first kappa shape index (κ1) is 14.5. The van der Waals surface area contributed by atoms with E-state index in [-0.39, 0.29) is 0 Å². The quantitative estimate of drug-likeness (QED) is 0.447. The Labute approximate surface area is 119 Å². The number of hydrogen-bond donors (Lipinski definition) is 1. The third-order valence-electron chi connectivity index (χ3n) is 2.74. The lowest BCUT2D eigenvalue weighted by molar-refractivity contribution is 0.486. The van der Waals surface area contributed by atoms with Gasteiger partial charge in [0.2, 0.25) is 0 Å². The van der Waals surface area contributed by atoms with E-state index in [1.54, 1.807) is 0 Å². The summed E-state index contributed by atoms with van der Waals surface area (Å²) in [5.74, 6) is 2.72. The third kappa shape index (κ3) is 5.10. The lowest BCUT2D eigenvalue weighted by Gasteiger charge is -2.20. The van der Waals surface area contributed by atoms with E-state index in [0.717, 1.165) is 32.2 Å². The van der Waals surface area contributed by atoms with Gasteiger partial charge < -0.3 is 5.32 Å². The number of halogens is 1. The molecule has 0 bridgehead atoms. The van der Waals surface area contributed by atoms with Crippen molar-refractivity contribution >= 4 is 22.6 Å². The predicted octanol–water partition coefficient (Wildman–Crippen LogP) is 4.14. The van der Waals surface area contributed by atoms with Gasteiger partial charge in [-0.3, -0.25) is 0 Å². The zero-order valence-corrected chi connectivity index (χ0v) is 12.5. The van der Waals surface area contributed by atoms with Gasteiger partial charge in [-0.05, 0) is 60.0 Å². The lowest BCUT2D eigenvalue weighted by atomic mass is 10.0. The first-order valence-corrected chi connectivity index (χ1v) is 7.28. The molecule has 17 heavy (non-hydrogen) atoms.